The molecule has 0 atom stereocenters. The van der Waals surface area contributed by atoms with Gasteiger partial charge in [0.25, 0.3) is 0 Å². The predicted molar refractivity (Wildman–Crippen MR) is 68.8 cm³/mol. The normalized spacial score (nSPS) is 11.0. The second-order valence-electron chi connectivity index (χ2n) is 3.29. The van der Waals surface area contributed by atoms with Crippen molar-refractivity contribution >= 4 is 31.9 Å². The van der Waals surface area contributed by atoms with E-state index in [2.05, 4.69) is 43.7 Å². The highest BCUT2D eigenvalue weighted by Gasteiger charge is 2.06. The molecule has 0 unspecified atom stereocenters. The first-order chi connectivity index (χ1) is 7.17. The first-order valence-electron chi connectivity index (χ1n) is 4.89. The summed E-state index contributed by atoms with van der Waals surface area (Å²) in [4.78, 5) is 2.30. The van der Waals surface area contributed by atoms with E-state index in [1.54, 1.807) is 0 Å². The van der Waals surface area contributed by atoms with E-state index < -0.39 is 0 Å². The Hall–Kier alpha value is 0.0700. The summed E-state index contributed by atoms with van der Waals surface area (Å²) in [5.74, 6) is -0.200. The van der Waals surface area contributed by atoms with E-state index in [9.17, 15) is 4.39 Å². The van der Waals surface area contributed by atoms with Gasteiger partial charge in [-0.3, -0.25) is 4.90 Å². The molecule has 0 aliphatic heterocycles. The minimum Gasteiger partial charge on any atom is -0.298 e. The maximum absolute atomic E-state index is 12.9. The molecule has 0 spiro atoms. The summed E-state index contributed by atoms with van der Waals surface area (Å²) in [6.45, 7) is 4.97. The molecule has 1 rings (SSSR count). The number of hydrogen-bond acceptors (Lipinski definition) is 1. The van der Waals surface area contributed by atoms with Crippen LogP contribution >= 0.6 is 31.9 Å². The van der Waals surface area contributed by atoms with Crippen LogP contribution in [0.25, 0.3) is 0 Å². The molecule has 1 nitrogen and oxygen atoms in total. The van der Waals surface area contributed by atoms with E-state index in [1.807, 2.05) is 6.07 Å². The number of hydrogen-bond donors (Lipinski definition) is 0. The van der Waals surface area contributed by atoms with E-state index in [-0.39, 0.29) is 5.82 Å². The van der Waals surface area contributed by atoms with Crippen molar-refractivity contribution in [2.75, 3.05) is 18.4 Å². The lowest BCUT2D eigenvalue weighted by molar-refractivity contribution is 0.298. The molecule has 0 saturated carbocycles. The lowest BCUT2D eigenvalue weighted by atomic mass is 10.2. The molecule has 15 heavy (non-hydrogen) atoms. The summed E-state index contributed by atoms with van der Waals surface area (Å²) in [6, 6.07) is 4.84. The molecule has 1 aromatic rings. The zero-order valence-corrected chi connectivity index (χ0v) is 11.8. The summed E-state index contributed by atoms with van der Waals surface area (Å²) >= 11 is 6.80. The van der Waals surface area contributed by atoms with Gasteiger partial charge in [-0.15, -0.1) is 0 Å². The molecule has 84 valence electrons. The summed E-state index contributed by atoms with van der Waals surface area (Å²) in [7, 11) is 0. The van der Waals surface area contributed by atoms with Crippen molar-refractivity contribution in [2.45, 2.75) is 13.5 Å². The van der Waals surface area contributed by atoms with Gasteiger partial charge in [0.2, 0.25) is 0 Å². The second kappa shape index (κ2) is 6.61. The van der Waals surface area contributed by atoms with Crippen LogP contribution in [0.1, 0.15) is 12.5 Å². The third kappa shape index (κ3) is 4.21. The Balaban J connectivity index is 2.70. The smallest absolute Gasteiger partial charge is 0.124 e. The Morgan fingerprint density at radius 3 is 2.67 bits per heavy atom. The highest BCUT2D eigenvalue weighted by Crippen LogP contribution is 2.19. The third-order valence-corrected chi connectivity index (χ3v) is 3.35. The first kappa shape index (κ1) is 13.1. The molecular weight excluding hydrogens is 325 g/mol. The number of halogens is 3. The summed E-state index contributed by atoms with van der Waals surface area (Å²) in [5.41, 5.74) is 1.12. The van der Waals surface area contributed by atoms with Gasteiger partial charge in [0.1, 0.15) is 5.82 Å². The summed E-state index contributed by atoms with van der Waals surface area (Å²) < 4.78 is 13.7. The van der Waals surface area contributed by atoms with Gasteiger partial charge in [-0.05, 0) is 24.2 Å². The maximum Gasteiger partial charge on any atom is 0.124 e. The Morgan fingerprint density at radius 1 is 1.40 bits per heavy atom. The number of alkyl halides is 1. The zero-order valence-electron chi connectivity index (χ0n) is 8.64. The molecule has 0 fully saturated rings. The van der Waals surface area contributed by atoms with Crippen molar-refractivity contribution < 1.29 is 4.39 Å². The van der Waals surface area contributed by atoms with Gasteiger partial charge in [-0.1, -0.05) is 44.8 Å². The third-order valence-electron chi connectivity index (χ3n) is 2.26. The van der Waals surface area contributed by atoms with Crippen LogP contribution in [0.3, 0.4) is 0 Å². The Labute approximate surface area is 107 Å². The number of nitrogens with zero attached hydrogens (tertiary/aromatic N) is 1. The van der Waals surface area contributed by atoms with E-state index in [0.29, 0.717) is 0 Å². The fourth-order valence-electron chi connectivity index (χ4n) is 1.36. The zero-order chi connectivity index (χ0) is 11.3. The van der Waals surface area contributed by atoms with Crippen molar-refractivity contribution in [3.05, 3.63) is 34.1 Å². The van der Waals surface area contributed by atoms with E-state index in [4.69, 9.17) is 0 Å². The standard InChI is InChI=1S/C11H14Br2FN/c1-2-15(6-5-12)8-9-3-4-10(14)7-11(9)13/h3-4,7H,2,5-6,8H2,1H3. The topological polar surface area (TPSA) is 3.24 Å². The minimum absolute atomic E-state index is 0.200. The van der Waals surface area contributed by atoms with Crippen molar-refractivity contribution in [1.29, 1.82) is 0 Å². The SMILES string of the molecule is CCN(CCBr)Cc1ccc(F)cc1Br. The largest absolute Gasteiger partial charge is 0.298 e. The van der Waals surface area contributed by atoms with E-state index in [1.165, 1.54) is 12.1 Å². The predicted octanol–water partition coefficient (Wildman–Crippen LogP) is 3.81. The van der Waals surface area contributed by atoms with Crippen LogP contribution in [-0.2, 0) is 6.54 Å². The van der Waals surface area contributed by atoms with Crippen LogP contribution in [-0.4, -0.2) is 23.3 Å². The fourth-order valence-corrected chi connectivity index (χ4v) is 2.34. The van der Waals surface area contributed by atoms with Gasteiger partial charge in [0.15, 0.2) is 0 Å². The van der Waals surface area contributed by atoms with Gasteiger partial charge in [-0.25, -0.2) is 4.39 Å². The van der Waals surface area contributed by atoms with Gasteiger partial charge in [0.05, 0.1) is 0 Å². The van der Waals surface area contributed by atoms with Crippen LogP contribution < -0.4 is 0 Å². The quantitative estimate of drug-likeness (QED) is 0.738. The van der Waals surface area contributed by atoms with Crippen LogP contribution in [0.2, 0.25) is 0 Å². The second-order valence-corrected chi connectivity index (χ2v) is 4.94. The number of rotatable bonds is 5. The van der Waals surface area contributed by atoms with E-state index >= 15 is 0 Å². The lowest BCUT2D eigenvalue weighted by Crippen LogP contribution is -2.25. The molecule has 0 heterocycles. The van der Waals surface area contributed by atoms with Crippen molar-refractivity contribution in [3.8, 4) is 0 Å². The van der Waals surface area contributed by atoms with Crippen molar-refractivity contribution in [3.63, 3.8) is 0 Å². The van der Waals surface area contributed by atoms with Gasteiger partial charge in [-0.2, -0.15) is 0 Å². The Kier molecular flexibility index (Phi) is 5.79. The fraction of sp³-hybridized carbons (Fsp3) is 0.455. The average molecular weight is 339 g/mol. The Morgan fingerprint density at radius 2 is 2.13 bits per heavy atom. The molecule has 1 aromatic carbocycles. The van der Waals surface area contributed by atoms with Crippen LogP contribution in [0.4, 0.5) is 4.39 Å². The lowest BCUT2D eigenvalue weighted by Gasteiger charge is -2.19. The van der Waals surface area contributed by atoms with E-state index in [0.717, 1.165) is 35.0 Å². The highest BCUT2D eigenvalue weighted by atomic mass is 79.9. The summed E-state index contributed by atoms with van der Waals surface area (Å²) in [6.07, 6.45) is 0. The van der Waals surface area contributed by atoms with Crippen LogP contribution in [0.15, 0.2) is 22.7 Å². The molecule has 0 amide bonds. The van der Waals surface area contributed by atoms with Crippen LogP contribution in [0.5, 0.6) is 0 Å². The van der Waals surface area contributed by atoms with Gasteiger partial charge in [0, 0.05) is 22.9 Å². The first-order valence-corrected chi connectivity index (χ1v) is 6.81. The number of benzene rings is 1. The summed E-state index contributed by atoms with van der Waals surface area (Å²) in [5, 5.41) is 0.958. The van der Waals surface area contributed by atoms with Gasteiger partial charge >= 0.3 is 0 Å². The van der Waals surface area contributed by atoms with Crippen molar-refractivity contribution in [2.24, 2.45) is 0 Å². The minimum atomic E-state index is -0.200. The van der Waals surface area contributed by atoms with Crippen molar-refractivity contribution in [1.82, 2.24) is 4.90 Å². The molecule has 0 aliphatic rings. The molecule has 0 aromatic heterocycles. The average Bonchev–Trinajstić information content (AvgIpc) is 2.21. The highest BCUT2D eigenvalue weighted by molar-refractivity contribution is 9.10. The monoisotopic (exact) mass is 337 g/mol. The molecule has 0 radical (unpaired) electrons. The molecule has 0 N–H and O–H groups in total. The molecule has 0 saturated heterocycles. The molecule has 4 heteroatoms. The molecule has 0 bridgehead atoms. The Bertz CT molecular complexity index is 317. The maximum atomic E-state index is 12.9. The molecule has 0 aliphatic carbocycles. The van der Waals surface area contributed by atoms with Crippen LogP contribution in [0, 0.1) is 5.82 Å². The van der Waals surface area contributed by atoms with Gasteiger partial charge < -0.3 is 0 Å². The molecular formula is C11H14Br2FN.